The van der Waals surface area contributed by atoms with Gasteiger partial charge < -0.3 is 47.7 Å². The van der Waals surface area contributed by atoms with E-state index < -0.39 is 60.2 Å². The van der Waals surface area contributed by atoms with Gasteiger partial charge in [0.05, 0.1) is 18.8 Å². The smallest absolute Gasteiger partial charge is 0.326 e. The third-order valence-corrected chi connectivity index (χ3v) is 6.37. The number of aromatic nitrogens is 2. The molecular weight excluding hydrogens is 562 g/mol. The van der Waals surface area contributed by atoms with Crippen molar-refractivity contribution < 1.29 is 39.3 Å². The zero-order valence-corrected chi connectivity index (χ0v) is 22.9. The van der Waals surface area contributed by atoms with Crippen molar-refractivity contribution in [2.75, 3.05) is 0 Å². The quantitative estimate of drug-likeness (QED) is 0.0991. The fourth-order valence-electron chi connectivity index (χ4n) is 4.10. The molecule has 2 aromatic carbocycles. The highest BCUT2D eigenvalue weighted by molar-refractivity contribution is 5.95. The summed E-state index contributed by atoms with van der Waals surface area (Å²) in [6.07, 6.45) is 2.15. The number of H-pyrrole nitrogens is 1. The van der Waals surface area contributed by atoms with E-state index in [1.165, 1.54) is 48.9 Å². The molecule has 11 N–H and O–H groups in total. The molecule has 0 saturated carbocycles. The largest absolute Gasteiger partial charge is 0.508 e. The topological polar surface area (TPSA) is 263 Å². The zero-order chi connectivity index (χ0) is 31.5. The molecule has 4 atom stereocenters. The first kappa shape index (κ1) is 32.1. The Bertz CT molecular complexity index is 1410. The SMILES string of the molecule is NC(=O)CC(NC(=O)C(Cc1ccc(O)cc1)NC(=O)C(Cc1ccc(O)cc1)NC(=O)C(N)Cc1cnc[nH]1)C(=O)O. The van der Waals surface area contributed by atoms with Crippen LogP contribution in [0.15, 0.2) is 61.1 Å². The summed E-state index contributed by atoms with van der Waals surface area (Å²) in [5.41, 5.74) is 12.8. The lowest BCUT2D eigenvalue weighted by Gasteiger charge is -2.25. The summed E-state index contributed by atoms with van der Waals surface area (Å²) in [7, 11) is 0. The number of carboxylic acids is 1. The first-order chi connectivity index (χ1) is 20.4. The molecule has 228 valence electrons. The van der Waals surface area contributed by atoms with Gasteiger partial charge in [-0.25, -0.2) is 9.78 Å². The van der Waals surface area contributed by atoms with E-state index >= 15 is 0 Å². The second-order valence-electron chi connectivity index (χ2n) is 9.82. The lowest BCUT2D eigenvalue weighted by Crippen LogP contribution is -2.58. The number of benzene rings is 2. The van der Waals surface area contributed by atoms with Gasteiger partial charge >= 0.3 is 5.97 Å². The second-order valence-corrected chi connectivity index (χ2v) is 9.82. The summed E-state index contributed by atoms with van der Waals surface area (Å²) in [6, 6.07) is 6.32. The number of aromatic hydroxyl groups is 2. The Kier molecular flexibility index (Phi) is 11.2. The van der Waals surface area contributed by atoms with Crippen molar-refractivity contribution in [1.29, 1.82) is 0 Å². The van der Waals surface area contributed by atoms with Crippen LogP contribution in [0.3, 0.4) is 0 Å². The average molecular weight is 596 g/mol. The number of nitrogens with zero attached hydrogens (tertiary/aromatic N) is 1. The molecule has 3 rings (SSSR count). The number of carbonyl (C=O) groups is 5. The van der Waals surface area contributed by atoms with E-state index in [1.54, 1.807) is 12.1 Å². The van der Waals surface area contributed by atoms with E-state index in [0.29, 0.717) is 16.8 Å². The van der Waals surface area contributed by atoms with E-state index in [0.717, 1.165) is 0 Å². The monoisotopic (exact) mass is 595 g/mol. The van der Waals surface area contributed by atoms with Gasteiger partial charge in [-0.1, -0.05) is 24.3 Å². The van der Waals surface area contributed by atoms with Crippen molar-refractivity contribution >= 4 is 29.6 Å². The van der Waals surface area contributed by atoms with Crippen molar-refractivity contribution in [3.8, 4) is 11.5 Å². The van der Waals surface area contributed by atoms with Crippen LogP contribution in [-0.4, -0.2) is 79.1 Å². The molecular formula is C28H33N7O8. The number of carbonyl (C=O) groups excluding carboxylic acids is 4. The molecule has 43 heavy (non-hydrogen) atoms. The Balaban J connectivity index is 1.85. The maximum Gasteiger partial charge on any atom is 0.326 e. The predicted octanol–water partition coefficient (Wildman–Crippen LogP) is -1.41. The van der Waals surface area contributed by atoms with Crippen LogP contribution in [0.25, 0.3) is 0 Å². The fourth-order valence-corrected chi connectivity index (χ4v) is 4.10. The minimum Gasteiger partial charge on any atom is -0.508 e. The molecule has 0 fully saturated rings. The number of carboxylic acid groups (broad SMARTS) is 1. The van der Waals surface area contributed by atoms with Gasteiger partial charge in [-0.05, 0) is 35.4 Å². The number of nitrogens with one attached hydrogen (secondary N) is 4. The number of phenolic OH excluding ortho intramolecular Hbond substituents is 2. The molecule has 4 amide bonds. The summed E-state index contributed by atoms with van der Waals surface area (Å²) < 4.78 is 0. The maximum absolute atomic E-state index is 13.6. The molecule has 0 radical (unpaired) electrons. The van der Waals surface area contributed by atoms with Gasteiger partial charge in [-0.3, -0.25) is 19.2 Å². The van der Waals surface area contributed by atoms with Crippen LogP contribution in [0, 0.1) is 0 Å². The van der Waals surface area contributed by atoms with Gasteiger partial charge in [0, 0.05) is 31.2 Å². The minimum atomic E-state index is -1.66. The van der Waals surface area contributed by atoms with Crippen molar-refractivity contribution in [3.63, 3.8) is 0 Å². The number of amides is 4. The molecule has 0 aliphatic rings. The molecule has 15 nitrogen and oxygen atoms in total. The van der Waals surface area contributed by atoms with Gasteiger partial charge in [0.2, 0.25) is 23.6 Å². The van der Waals surface area contributed by atoms with Crippen LogP contribution in [0.5, 0.6) is 11.5 Å². The highest BCUT2D eigenvalue weighted by atomic mass is 16.4. The molecule has 0 saturated heterocycles. The number of imidazole rings is 1. The Labute approximate surface area is 245 Å². The number of aromatic amines is 1. The highest BCUT2D eigenvalue weighted by Crippen LogP contribution is 2.14. The summed E-state index contributed by atoms with van der Waals surface area (Å²) in [5.74, 6) is -4.91. The minimum absolute atomic E-state index is 0.00931. The normalized spacial score (nSPS) is 13.6. The van der Waals surface area contributed by atoms with Crippen molar-refractivity contribution in [2.24, 2.45) is 11.5 Å². The zero-order valence-electron chi connectivity index (χ0n) is 22.9. The van der Waals surface area contributed by atoms with Crippen LogP contribution >= 0.6 is 0 Å². The maximum atomic E-state index is 13.6. The summed E-state index contributed by atoms with van der Waals surface area (Å²) in [4.78, 5) is 69.5. The van der Waals surface area contributed by atoms with Gasteiger partial charge in [-0.15, -0.1) is 0 Å². The molecule has 1 aromatic heterocycles. The first-order valence-electron chi connectivity index (χ1n) is 13.1. The van der Waals surface area contributed by atoms with Crippen LogP contribution in [0.4, 0.5) is 0 Å². The standard InChI is InChI=1S/C28H33N7O8/c29-20(11-17-13-31-14-32-17)25(39)33-21(9-15-1-5-18(36)6-2-15)26(40)34-22(10-16-3-7-19(37)8-4-16)27(41)35-23(28(42)43)12-24(30)38/h1-8,13-14,20-23,36-37H,9-12,29H2,(H2,30,38)(H,31,32)(H,33,39)(H,34,40)(H,35,41)(H,42,43). The van der Waals surface area contributed by atoms with Crippen LogP contribution < -0.4 is 27.4 Å². The van der Waals surface area contributed by atoms with Crippen molar-refractivity contribution in [1.82, 2.24) is 25.9 Å². The van der Waals surface area contributed by atoms with Gasteiger partial charge in [0.25, 0.3) is 0 Å². The van der Waals surface area contributed by atoms with Crippen LogP contribution in [-0.2, 0) is 43.2 Å². The van der Waals surface area contributed by atoms with E-state index in [9.17, 15) is 39.3 Å². The molecule has 4 unspecified atom stereocenters. The summed E-state index contributed by atoms with van der Waals surface area (Å²) >= 11 is 0. The van der Waals surface area contributed by atoms with Gasteiger partial charge in [0.1, 0.15) is 29.6 Å². The van der Waals surface area contributed by atoms with Crippen LogP contribution in [0.2, 0.25) is 0 Å². The Hall–Kier alpha value is -5.44. The third kappa shape index (κ3) is 10.2. The fraction of sp³-hybridized carbons (Fsp3) is 0.286. The Morgan fingerprint density at radius 3 is 1.63 bits per heavy atom. The first-order valence-corrected chi connectivity index (χ1v) is 13.1. The number of phenols is 2. The van der Waals surface area contributed by atoms with Crippen molar-refractivity contribution in [2.45, 2.75) is 49.9 Å². The number of rotatable bonds is 15. The Morgan fingerprint density at radius 1 is 0.744 bits per heavy atom. The molecule has 15 heteroatoms. The summed E-state index contributed by atoms with van der Waals surface area (Å²) in [5, 5.41) is 36.1. The van der Waals surface area contributed by atoms with Crippen LogP contribution in [0.1, 0.15) is 23.2 Å². The van der Waals surface area contributed by atoms with E-state index in [-0.39, 0.29) is 30.8 Å². The average Bonchev–Trinajstić information content (AvgIpc) is 3.46. The molecule has 0 spiro atoms. The third-order valence-electron chi connectivity index (χ3n) is 6.37. The summed E-state index contributed by atoms with van der Waals surface area (Å²) in [6.45, 7) is 0. The number of primary amides is 1. The molecule has 0 aliphatic heterocycles. The highest BCUT2D eigenvalue weighted by Gasteiger charge is 2.31. The molecule has 0 bridgehead atoms. The number of hydrogen-bond acceptors (Lipinski definition) is 9. The van der Waals surface area contributed by atoms with E-state index in [4.69, 9.17) is 11.5 Å². The lowest BCUT2D eigenvalue weighted by atomic mass is 10.0. The van der Waals surface area contributed by atoms with Gasteiger partial charge in [-0.2, -0.15) is 0 Å². The van der Waals surface area contributed by atoms with Crippen molar-refractivity contribution in [3.05, 3.63) is 77.9 Å². The predicted molar refractivity (Wildman–Crippen MR) is 151 cm³/mol. The number of hydrogen-bond donors (Lipinski definition) is 9. The molecule has 0 aliphatic carbocycles. The Morgan fingerprint density at radius 2 is 1.21 bits per heavy atom. The molecule has 1 heterocycles. The number of aliphatic carboxylic acids is 1. The number of nitrogens with two attached hydrogens (primary N) is 2. The van der Waals surface area contributed by atoms with E-state index in [2.05, 4.69) is 25.9 Å². The molecule has 3 aromatic rings. The lowest BCUT2D eigenvalue weighted by molar-refractivity contribution is -0.143. The van der Waals surface area contributed by atoms with E-state index in [1.807, 2.05) is 0 Å². The van der Waals surface area contributed by atoms with Gasteiger partial charge in [0.15, 0.2) is 0 Å². The second kappa shape index (κ2) is 15.0.